The molecule has 9 rings (SSSR count). The molecular formula is C42H26N2O. The molecule has 1 aromatic heterocycles. The number of fused-ring (bicyclic) bond motifs is 10. The van der Waals surface area contributed by atoms with Crippen LogP contribution in [0.25, 0.3) is 65.0 Å². The monoisotopic (exact) mass is 574 g/mol. The highest BCUT2D eigenvalue weighted by Crippen LogP contribution is 2.54. The summed E-state index contributed by atoms with van der Waals surface area (Å²) >= 11 is 0. The number of benzene rings is 6. The fourth-order valence-electron chi connectivity index (χ4n) is 8.04. The van der Waals surface area contributed by atoms with Crippen molar-refractivity contribution in [3.8, 4) is 33.4 Å². The predicted molar refractivity (Wildman–Crippen MR) is 182 cm³/mol. The molecule has 6 aromatic carbocycles. The van der Waals surface area contributed by atoms with Crippen molar-refractivity contribution < 1.29 is 4.42 Å². The molecule has 0 spiro atoms. The molecule has 0 fully saturated rings. The van der Waals surface area contributed by atoms with Gasteiger partial charge in [-0.25, -0.2) is 9.69 Å². The first-order valence-corrected chi connectivity index (χ1v) is 15.2. The molecule has 3 heteroatoms. The summed E-state index contributed by atoms with van der Waals surface area (Å²) in [5, 5.41) is 2.15. The van der Waals surface area contributed by atoms with Gasteiger partial charge in [-0.3, -0.25) is 0 Å². The van der Waals surface area contributed by atoms with Gasteiger partial charge in [0, 0.05) is 27.7 Å². The molecule has 0 bridgehead atoms. The van der Waals surface area contributed by atoms with Crippen molar-refractivity contribution in [3.05, 3.63) is 166 Å². The summed E-state index contributed by atoms with van der Waals surface area (Å²) in [6, 6.07) is 40.0. The van der Waals surface area contributed by atoms with Gasteiger partial charge in [-0.15, -0.1) is 0 Å². The number of nitrogens with zero attached hydrogens (tertiary/aromatic N) is 2. The van der Waals surface area contributed by atoms with E-state index in [0.717, 1.165) is 49.8 Å². The van der Waals surface area contributed by atoms with Gasteiger partial charge in [0.15, 0.2) is 11.4 Å². The zero-order valence-electron chi connectivity index (χ0n) is 24.8. The average molecular weight is 575 g/mol. The van der Waals surface area contributed by atoms with Gasteiger partial charge in [0.2, 0.25) is 0 Å². The molecule has 1 unspecified atom stereocenters. The van der Waals surface area contributed by atoms with Crippen molar-refractivity contribution in [2.45, 2.75) is 25.2 Å². The first-order chi connectivity index (χ1) is 22.0. The van der Waals surface area contributed by atoms with Crippen LogP contribution in [0.5, 0.6) is 0 Å². The van der Waals surface area contributed by atoms with Crippen molar-refractivity contribution in [1.29, 1.82) is 0 Å². The van der Waals surface area contributed by atoms with Crippen LogP contribution in [0.2, 0.25) is 0 Å². The Kier molecular flexibility index (Phi) is 5.15. The van der Waals surface area contributed by atoms with Crippen LogP contribution >= 0.6 is 0 Å². The van der Waals surface area contributed by atoms with E-state index < -0.39 is 0 Å². The zero-order chi connectivity index (χ0) is 30.4. The van der Waals surface area contributed by atoms with Crippen LogP contribution in [0.3, 0.4) is 0 Å². The number of rotatable bonds is 2. The van der Waals surface area contributed by atoms with Crippen LogP contribution in [0.1, 0.15) is 47.6 Å². The third-order valence-electron chi connectivity index (χ3n) is 9.99. The molecular weight excluding hydrogens is 548 g/mol. The van der Waals surface area contributed by atoms with Crippen LogP contribution < -0.4 is 0 Å². The first-order valence-electron chi connectivity index (χ1n) is 15.2. The Balaban J connectivity index is 1.28. The molecule has 0 aliphatic heterocycles. The van der Waals surface area contributed by atoms with Crippen LogP contribution in [0.15, 0.2) is 120 Å². The highest BCUT2D eigenvalue weighted by atomic mass is 16.3. The molecule has 2 aliphatic rings. The molecule has 3 nitrogen and oxygen atoms in total. The predicted octanol–water partition coefficient (Wildman–Crippen LogP) is 11.8. The maximum atomic E-state index is 8.17. The molecule has 1 heterocycles. The van der Waals surface area contributed by atoms with E-state index in [4.69, 9.17) is 17.6 Å². The average Bonchev–Trinajstić information content (AvgIpc) is 3.69. The highest BCUT2D eigenvalue weighted by molar-refractivity contribution is 6.10. The van der Waals surface area contributed by atoms with Crippen molar-refractivity contribution in [3.63, 3.8) is 0 Å². The smallest absolute Gasteiger partial charge is 0.195 e. The fraction of sp³-hybridized carbons (Fsp3) is 0.0952. The summed E-state index contributed by atoms with van der Waals surface area (Å²) in [5.41, 5.74) is 15.6. The van der Waals surface area contributed by atoms with E-state index in [1.807, 2.05) is 24.3 Å². The summed E-state index contributed by atoms with van der Waals surface area (Å²) in [6.07, 6.45) is 0. The van der Waals surface area contributed by atoms with E-state index in [1.165, 1.54) is 33.4 Å². The molecule has 0 N–H and O–H groups in total. The molecule has 0 saturated carbocycles. The summed E-state index contributed by atoms with van der Waals surface area (Å²) in [7, 11) is 0. The Morgan fingerprint density at radius 1 is 0.622 bits per heavy atom. The van der Waals surface area contributed by atoms with Gasteiger partial charge < -0.3 is 4.42 Å². The lowest BCUT2D eigenvalue weighted by atomic mass is 9.81. The maximum Gasteiger partial charge on any atom is 0.195 e. The van der Waals surface area contributed by atoms with Crippen molar-refractivity contribution >= 4 is 33.3 Å². The maximum absolute atomic E-state index is 8.17. The van der Waals surface area contributed by atoms with Crippen LogP contribution in [0.4, 0.5) is 11.4 Å². The Morgan fingerprint density at radius 3 is 2.24 bits per heavy atom. The van der Waals surface area contributed by atoms with E-state index in [0.29, 0.717) is 11.4 Å². The second kappa shape index (κ2) is 9.06. The van der Waals surface area contributed by atoms with E-state index in [-0.39, 0.29) is 11.3 Å². The zero-order valence-corrected chi connectivity index (χ0v) is 24.8. The molecule has 2 aliphatic carbocycles. The molecule has 210 valence electrons. The number of furan rings is 1. The minimum Gasteiger partial charge on any atom is -0.456 e. The highest BCUT2D eigenvalue weighted by Gasteiger charge is 2.38. The minimum atomic E-state index is -0.178. The van der Waals surface area contributed by atoms with E-state index in [9.17, 15) is 0 Å². The summed E-state index contributed by atoms with van der Waals surface area (Å²) in [5.74, 6) is -0.0490. The standard InChI is InChI=1S/C42H26N2O/c1-42(2)35-14-8-7-11-27(35)30-19-20-31-34-22-24(16-21-37(34)45-41(31)40(30)42)38-32(13-9-15-36(38)44-4)39-28-12-6-5-10-26(28)33-23-25(43-3)17-18-29(33)39/h5-23,39H,1-2H3. The lowest BCUT2D eigenvalue weighted by Gasteiger charge is -2.21. The van der Waals surface area contributed by atoms with Gasteiger partial charge in [-0.05, 0) is 79.9 Å². The SMILES string of the molecule is [C-]#[N+]c1ccc2c(c1)-c1ccccc1C2c1cccc([N+]#[C-])c1-c1ccc2oc3c4c(ccc3c2c1)-c1ccccc1C4(C)C. The fourth-order valence-corrected chi connectivity index (χ4v) is 8.04. The lowest BCUT2D eigenvalue weighted by Crippen LogP contribution is -2.15. The van der Waals surface area contributed by atoms with Gasteiger partial charge in [-0.1, -0.05) is 105 Å². The minimum absolute atomic E-state index is 0.0490. The second-order valence-electron chi connectivity index (χ2n) is 12.6. The second-order valence-corrected chi connectivity index (χ2v) is 12.6. The van der Waals surface area contributed by atoms with Gasteiger partial charge in [-0.2, -0.15) is 0 Å². The quantitative estimate of drug-likeness (QED) is 0.188. The molecule has 0 amide bonds. The summed E-state index contributed by atoms with van der Waals surface area (Å²) in [6.45, 7) is 20.3. The van der Waals surface area contributed by atoms with Crippen LogP contribution in [-0.4, -0.2) is 0 Å². The number of hydrogen-bond acceptors (Lipinski definition) is 1. The summed E-state index contributed by atoms with van der Waals surface area (Å²) < 4.78 is 6.67. The lowest BCUT2D eigenvalue weighted by molar-refractivity contribution is 0.620. The Labute approximate surface area is 261 Å². The van der Waals surface area contributed by atoms with Crippen molar-refractivity contribution in [1.82, 2.24) is 0 Å². The molecule has 45 heavy (non-hydrogen) atoms. The van der Waals surface area contributed by atoms with E-state index in [1.54, 1.807) is 0 Å². The van der Waals surface area contributed by atoms with Gasteiger partial charge in [0.25, 0.3) is 0 Å². The van der Waals surface area contributed by atoms with Gasteiger partial charge >= 0.3 is 0 Å². The Bertz CT molecular complexity index is 2500. The number of hydrogen-bond donors (Lipinski definition) is 0. The molecule has 1 atom stereocenters. The van der Waals surface area contributed by atoms with Gasteiger partial charge in [0.05, 0.1) is 13.1 Å². The largest absolute Gasteiger partial charge is 0.456 e. The van der Waals surface area contributed by atoms with E-state index in [2.05, 4.69) is 115 Å². The van der Waals surface area contributed by atoms with E-state index >= 15 is 0 Å². The van der Waals surface area contributed by atoms with Crippen molar-refractivity contribution in [2.75, 3.05) is 0 Å². The Morgan fingerprint density at radius 2 is 1.40 bits per heavy atom. The molecule has 0 radical (unpaired) electrons. The van der Waals surface area contributed by atoms with Crippen LogP contribution in [0, 0.1) is 13.1 Å². The summed E-state index contributed by atoms with van der Waals surface area (Å²) in [4.78, 5) is 7.73. The topological polar surface area (TPSA) is 21.9 Å². The van der Waals surface area contributed by atoms with Gasteiger partial charge in [0.1, 0.15) is 11.2 Å². The molecule has 7 aromatic rings. The third kappa shape index (κ3) is 3.39. The normalized spacial score (nSPS) is 15.2. The molecule has 0 saturated heterocycles. The Hall–Kier alpha value is -5.90. The first kappa shape index (κ1) is 25.6. The van der Waals surface area contributed by atoms with Crippen molar-refractivity contribution in [2.24, 2.45) is 0 Å². The van der Waals surface area contributed by atoms with Crippen LogP contribution in [-0.2, 0) is 5.41 Å². The third-order valence-corrected chi connectivity index (χ3v) is 9.99.